The van der Waals surface area contributed by atoms with E-state index in [0.29, 0.717) is 12.5 Å². The average molecular weight is 424 g/mol. The maximum absolute atomic E-state index is 11.9. The van der Waals surface area contributed by atoms with Crippen molar-refractivity contribution in [1.29, 1.82) is 0 Å². The molecule has 0 radical (unpaired) electrons. The zero-order chi connectivity index (χ0) is 15.8. The van der Waals surface area contributed by atoms with Gasteiger partial charge in [-0.2, -0.15) is 11.8 Å². The SMILES string of the molecule is CC(C(=O)NCCSCCOc1cccc(Br)c1)C1CNC1.Cl. The molecule has 1 fully saturated rings. The molecule has 1 aliphatic heterocycles. The molecule has 1 unspecified atom stereocenters. The topological polar surface area (TPSA) is 50.4 Å². The zero-order valence-electron chi connectivity index (χ0n) is 13.2. The molecular weight excluding hydrogens is 400 g/mol. The average Bonchev–Trinajstić information content (AvgIpc) is 2.44. The highest BCUT2D eigenvalue weighted by Crippen LogP contribution is 2.18. The number of rotatable bonds is 9. The van der Waals surface area contributed by atoms with Crippen molar-refractivity contribution in [2.75, 3.05) is 37.7 Å². The van der Waals surface area contributed by atoms with Gasteiger partial charge < -0.3 is 15.4 Å². The van der Waals surface area contributed by atoms with Gasteiger partial charge in [0.1, 0.15) is 5.75 Å². The van der Waals surface area contributed by atoms with Gasteiger partial charge in [0.25, 0.3) is 0 Å². The van der Waals surface area contributed by atoms with Crippen molar-refractivity contribution in [2.45, 2.75) is 6.92 Å². The summed E-state index contributed by atoms with van der Waals surface area (Å²) in [6.07, 6.45) is 0. The molecule has 23 heavy (non-hydrogen) atoms. The van der Waals surface area contributed by atoms with Gasteiger partial charge in [0.05, 0.1) is 6.61 Å². The van der Waals surface area contributed by atoms with Gasteiger partial charge in [0.15, 0.2) is 0 Å². The molecule has 0 saturated carbocycles. The van der Waals surface area contributed by atoms with E-state index < -0.39 is 0 Å². The summed E-state index contributed by atoms with van der Waals surface area (Å²) in [6, 6.07) is 7.85. The van der Waals surface area contributed by atoms with Crippen molar-refractivity contribution < 1.29 is 9.53 Å². The third-order valence-corrected chi connectivity index (χ3v) is 5.21. The molecule has 0 aromatic heterocycles. The lowest BCUT2D eigenvalue weighted by Crippen LogP contribution is -2.49. The largest absolute Gasteiger partial charge is 0.493 e. The fourth-order valence-corrected chi connectivity index (χ4v) is 3.19. The van der Waals surface area contributed by atoms with E-state index in [9.17, 15) is 4.79 Å². The van der Waals surface area contributed by atoms with Crippen molar-refractivity contribution in [2.24, 2.45) is 11.8 Å². The van der Waals surface area contributed by atoms with Gasteiger partial charge in [-0.3, -0.25) is 4.79 Å². The fraction of sp³-hybridized carbons (Fsp3) is 0.562. The molecule has 130 valence electrons. The molecule has 0 aliphatic carbocycles. The minimum atomic E-state index is 0. The van der Waals surface area contributed by atoms with Crippen LogP contribution < -0.4 is 15.4 Å². The molecule has 0 spiro atoms. The second-order valence-electron chi connectivity index (χ2n) is 5.42. The van der Waals surface area contributed by atoms with Crippen molar-refractivity contribution in [3.8, 4) is 5.75 Å². The van der Waals surface area contributed by atoms with Gasteiger partial charge in [-0.05, 0) is 37.2 Å². The monoisotopic (exact) mass is 422 g/mol. The van der Waals surface area contributed by atoms with E-state index in [1.807, 2.05) is 31.2 Å². The fourth-order valence-electron chi connectivity index (χ4n) is 2.16. The number of carbonyl (C=O) groups is 1. The first-order valence-electron chi connectivity index (χ1n) is 7.61. The van der Waals surface area contributed by atoms with E-state index in [0.717, 1.165) is 41.4 Å². The van der Waals surface area contributed by atoms with Gasteiger partial charge in [-0.15, -0.1) is 12.4 Å². The Morgan fingerprint density at radius 1 is 1.48 bits per heavy atom. The van der Waals surface area contributed by atoms with Crippen LogP contribution in [0, 0.1) is 11.8 Å². The van der Waals surface area contributed by atoms with Crippen LogP contribution >= 0.6 is 40.1 Å². The van der Waals surface area contributed by atoms with Crippen LogP contribution in [-0.2, 0) is 4.79 Å². The number of carbonyl (C=O) groups excluding carboxylic acids is 1. The molecule has 0 bridgehead atoms. The number of thioether (sulfide) groups is 1. The molecule has 1 amide bonds. The highest BCUT2D eigenvalue weighted by Gasteiger charge is 2.28. The van der Waals surface area contributed by atoms with E-state index in [1.54, 1.807) is 11.8 Å². The summed E-state index contributed by atoms with van der Waals surface area (Å²) < 4.78 is 6.69. The maximum atomic E-state index is 11.9. The predicted molar refractivity (Wildman–Crippen MR) is 103 cm³/mol. The van der Waals surface area contributed by atoms with Crippen LogP contribution in [0.3, 0.4) is 0 Å². The van der Waals surface area contributed by atoms with E-state index in [1.165, 1.54) is 0 Å². The van der Waals surface area contributed by atoms with Gasteiger partial charge >= 0.3 is 0 Å². The second-order valence-corrected chi connectivity index (χ2v) is 7.56. The lowest BCUT2D eigenvalue weighted by atomic mass is 9.88. The second kappa shape index (κ2) is 11.2. The van der Waals surface area contributed by atoms with E-state index in [-0.39, 0.29) is 24.2 Å². The van der Waals surface area contributed by atoms with Crippen molar-refractivity contribution in [1.82, 2.24) is 10.6 Å². The molecule has 1 heterocycles. The van der Waals surface area contributed by atoms with Crippen LogP contribution in [-0.4, -0.2) is 43.7 Å². The number of benzene rings is 1. The van der Waals surface area contributed by atoms with Crippen LogP contribution in [0.5, 0.6) is 5.75 Å². The summed E-state index contributed by atoms with van der Waals surface area (Å²) in [7, 11) is 0. The van der Waals surface area contributed by atoms with Crippen LogP contribution in [0.15, 0.2) is 28.7 Å². The van der Waals surface area contributed by atoms with Crippen LogP contribution in [0.1, 0.15) is 6.92 Å². The Balaban J connectivity index is 0.00000264. The lowest BCUT2D eigenvalue weighted by Gasteiger charge is -2.31. The van der Waals surface area contributed by atoms with Crippen LogP contribution in [0.4, 0.5) is 0 Å². The molecule has 1 atom stereocenters. The first-order chi connectivity index (χ1) is 10.7. The highest BCUT2D eigenvalue weighted by atomic mass is 79.9. The number of halogens is 2. The molecule has 2 rings (SSSR count). The van der Waals surface area contributed by atoms with Crippen LogP contribution in [0.25, 0.3) is 0 Å². The number of hydrogen-bond acceptors (Lipinski definition) is 4. The van der Waals surface area contributed by atoms with Crippen molar-refractivity contribution in [3.63, 3.8) is 0 Å². The standard InChI is InChI=1S/C16H23BrN2O2S.ClH/c1-12(13-10-18-11-13)16(20)19-5-7-22-8-6-21-15-4-2-3-14(17)9-15;/h2-4,9,12-13,18H,5-8,10-11H2,1H3,(H,19,20);1H. The summed E-state index contributed by atoms with van der Waals surface area (Å²) in [6.45, 7) is 5.36. The highest BCUT2D eigenvalue weighted by molar-refractivity contribution is 9.10. The Labute approximate surface area is 157 Å². The number of ether oxygens (including phenoxy) is 1. The van der Waals surface area contributed by atoms with Gasteiger partial charge in [-0.25, -0.2) is 0 Å². The molecule has 1 aromatic carbocycles. The Morgan fingerprint density at radius 2 is 2.26 bits per heavy atom. The minimum Gasteiger partial charge on any atom is -0.493 e. The molecule has 4 nitrogen and oxygen atoms in total. The van der Waals surface area contributed by atoms with Gasteiger partial charge in [0, 0.05) is 28.4 Å². The molecule has 1 aliphatic rings. The molecule has 7 heteroatoms. The van der Waals surface area contributed by atoms with Gasteiger partial charge in [0.2, 0.25) is 5.91 Å². The lowest BCUT2D eigenvalue weighted by molar-refractivity contribution is -0.126. The summed E-state index contributed by atoms with van der Waals surface area (Å²) in [5.41, 5.74) is 0. The molecular formula is C16H24BrClN2O2S. The minimum absolute atomic E-state index is 0. The van der Waals surface area contributed by atoms with Crippen molar-refractivity contribution in [3.05, 3.63) is 28.7 Å². The van der Waals surface area contributed by atoms with Crippen LogP contribution in [0.2, 0.25) is 0 Å². The summed E-state index contributed by atoms with van der Waals surface area (Å²) >= 11 is 5.22. The summed E-state index contributed by atoms with van der Waals surface area (Å²) in [5, 5.41) is 6.22. The molecule has 1 saturated heterocycles. The Kier molecular flexibility index (Phi) is 10.0. The number of nitrogens with one attached hydrogen (secondary N) is 2. The maximum Gasteiger partial charge on any atom is 0.223 e. The van der Waals surface area contributed by atoms with E-state index in [2.05, 4.69) is 26.6 Å². The van der Waals surface area contributed by atoms with E-state index >= 15 is 0 Å². The smallest absolute Gasteiger partial charge is 0.223 e. The van der Waals surface area contributed by atoms with E-state index in [4.69, 9.17) is 4.74 Å². The Bertz CT molecular complexity index is 489. The number of hydrogen-bond donors (Lipinski definition) is 2. The Morgan fingerprint density at radius 3 is 2.91 bits per heavy atom. The summed E-state index contributed by atoms with van der Waals surface area (Å²) in [4.78, 5) is 11.9. The molecule has 2 N–H and O–H groups in total. The number of amides is 1. The first kappa shape index (κ1) is 20.6. The predicted octanol–water partition coefficient (Wildman–Crippen LogP) is 2.95. The molecule has 1 aromatic rings. The third kappa shape index (κ3) is 7.33. The third-order valence-electron chi connectivity index (χ3n) is 3.77. The van der Waals surface area contributed by atoms with Crippen molar-refractivity contribution >= 4 is 46.0 Å². The normalized spacial score (nSPS) is 15.2. The first-order valence-corrected chi connectivity index (χ1v) is 9.56. The zero-order valence-corrected chi connectivity index (χ0v) is 16.4. The quantitative estimate of drug-likeness (QED) is 0.600. The summed E-state index contributed by atoms with van der Waals surface area (Å²) in [5.74, 6) is 3.52. The Hall–Kier alpha value is -0.430. The van der Waals surface area contributed by atoms with Gasteiger partial charge in [-0.1, -0.05) is 28.9 Å².